The van der Waals surface area contributed by atoms with E-state index >= 15 is 0 Å². The molecule has 9 heteroatoms. The maximum Gasteiger partial charge on any atom is 0.229 e. The first-order valence-corrected chi connectivity index (χ1v) is 10.0. The predicted octanol–water partition coefficient (Wildman–Crippen LogP) is 0.681. The second kappa shape index (κ2) is 8.03. The van der Waals surface area contributed by atoms with E-state index in [2.05, 4.69) is 15.4 Å². The van der Waals surface area contributed by atoms with Crippen molar-refractivity contribution in [2.75, 3.05) is 29.4 Å². The van der Waals surface area contributed by atoms with Crippen LogP contribution < -0.4 is 20.1 Å². The molecule has 1 aromatic rings. The van der Waals surface area contributed by atoms with Crippen molar-refractivity contribution in [3.05, 3.63) is 17.7 Å². The van der Waals surface area contributed by atoms with E-state index in [1.807, 2.05) is 13.8 Å². The van der Waals surface area contributed by atoms with Gasteiger partial charge in [-0.15, -0.1) is 0 Å². The van der Waals surface area contributed by atoms with Gasteiger partial charge in [0.05, 0.1) is 11.9 Å². The third-order valence-electron chi connectivity index (χ3n) is 3.61. The highest BCUT2D eigenvalue weighted by Crippen LogP contribution is 2.38. The first-order valence-electron chi connectivity index (χ1n) is 8.13. The van der Waals surface area contributed by atoms with Crippen LogP contribution in [0.1, 0.15) is 25.8 Å². The van der Waals surface area contributed by atoms with Crippen molar-refractivity contribution in [1.29, 1.82) is 0 Å². The molecule has 0 saturated carbocycles. The second-order valence-electron chi connectivity index (χ2n) is 6.42. The first kappa shape index (κ1) is 19.5. The van der Waals surface area contributed by atoms with Crippen molar-refractivity contribution < 1.29 is 23.1 Å². The lowest BCUT2D eigenvalue weighted by Gasteiger charge is -2.24. The molecule has 1 aliphatic rings. The summed E-state index contributed by atoms with van der Waals surface area (Å²) in [5.41, 5.74) is 1.61. The fraction of sp³-hybridized carbons (Fsp3) is 0.562. The minimum Gasteiger partial charge on any atom is -0.488 e. The molecule has 140 valence electrons. The second-order valence-corrected chi connectivity index (χ2v) is 8.17. The zero-order chi connectivity index (χ0) is 18.6. The van der Waals surface area contributed by atoms with Gasteiger partial charge in [-0.2, -0.15) is 0 Å². The number of sulfonamides is 1. The lowest BCUT2D eigenvalue weighted by atomic mass is 10.0. The van der Waals surface area contributed by atoms with Crippen molar-refractivity contribution in [2.24, 2.45) is 0 Å². The van der Waals surface area contributed by atoms with Gasteiger partial charge in [0.1, 0.15) is 18.5 Å². The van der Waals surface area contributed by atoms with Gasteiger partial charge in [0, 0.05) is 30.3 Å². The molecule has 0 fully saturated rings. The van der Waals surface area contributed by atoms with E-state index in [0.717, 1.165) is 11.8 Å². The molecule has 0 bridgehead atoms. The van der Waals surface area contributed by atoms with Crippen LogP contribution in [0.3, 0.4) is 0 Å². The van der Waals surface area contributed by atoms with Crippen molar-refractivity contribution in [3.8, 4) is 5.75 Å². The van der Waals surface area contributed by atoms with E-state index in [4.69, 9.17) is 4.74 Å². The largest absolute Gasteiger partial charge is 0.488 e. The summed E-state index contributed by atoms with van der Waals surface area (Å²) in [5.74, 6) is 0.245. The van der Waals surface area contributed by atoms with Crippen LogP contribution in [0.5, 0.6) is 5.75 Å². The Bertz CT molecular complexity index is 734. The molecule has 25 heavy (non-hydrogen) atoms. The van der Waals surface area contributed by atoms with Gasteiger partial charge in [0.2, 0.25) is 15.9 Å². The van der Waals surface area contributed by atoms with Gasteiger partial charge < -0.3 is 20.5 Å². The standard InChI is InChI=1S/C16H25N3O5S/c1-10(2)17-8-11(20)9-24-16-12-4-7-15(21)18-13(12)5-6-14(16)19-25(3,22)23/h5-6,10-11,17,19-20H,4,7-9H2,1-3H3,(H,18,21). The zero-order valence-corrected chi connectivity index (χ0v) is 15.4. The Hall–Kier alpha value is -1.84. The fourth-order valence-electron chi connectivity index (χ4n) is 2.50. The van der Waals surface area contributed by atoms with Crippen LogP contribution in [-0.2, 0) is 21.2 Å². The van der Waals surface area contributed by atoms with Crippen LogP contribution in [0.4, 0.5) is 11.4 Å². The van der Waals surface area contributed by atoms with Crippen LogP contribution in [0.2, 0.25) is 0 Å². The highest BCUT2D eigenvalue weighted by Gasteiger charge is 2.23. The van der Waals surface area contributed by atoms with Crippen LogP contribution in [-0.4, -0.2) is 51.0 Å². The molecule has 1 aliphatic heterocycles. The SMILES string of the molecule is CC(C)NCC(O)COc1c(NS(C)(=O)=O)ccc2c1CCC(=O)N2. The number of benzene rings is 1. The van der Waals surface area contributed by atoms with Gasteiger partial charge in [-0.05, 0) is 18.6 Å². The molecule has 1 amide bonds. The Kier molecular flexibility index (Phi) is 6.26. The summed E-state index contributed by atoms with van der Waals surface area (Å²) >= 11 is 0. The number of carbonyl (C=O) groups is 1. The summed E-state index contributed by atoms with van der Waals surface area (Å²) in [6.45, 7) is 4.30. The third-order valence-corrected chi connectivity index (χ3v) is 4.20. The number of anilines is 2. The number of rotatable bonds is 8. The molecule has 0 aromatic heterocycles. The number of fused-ring (bicyclic) bond motifs is 1. The maximum absolute atomic E-state index is 11.6. The highest BCUT2D eigenvalue weighted by atomic mass is 32.2. The number of nitrogens with one attached hydrogen (secondary N) is 3. The van der Waals surface area contributed by atoms with Gasteiger partial charge in [-0.25, -0.2) is 8.42 Å². The highest BCUT2D eigenvalue weighted by molar-refractivity contribution is 7.92. The maximum atomic E-state index is 11.6. The summed E-state index contributed by atoms with van der Waals surface area (Å²) in [4.78, 5) is 11.6. The zero-order valence-electron chi connectivity index (χ0n) is 14.6. The van der Waals surface area contributed by atoms with Crippen molar-refractivity contribution in [1.82, 2.24) is 5.32 Å². The normalized spacial score (nSPS) is 15.5. The van der Waals surface area contributed by atoms with Crippen LogP contribution in [0, 0.1) is 0 Å². The number of carbonyl (C=O) groups excluding carboxylic acids is 1. The van der Waals surface area contributed by atoms with Crippen LogP contribution in [0.15, 0.2) is 12.1 Å². The first-order chi connectivity index (χ1) is 11.7. The van der Waals surface area contributed by atoms with Crippen LogP contribution >= 0.6 is 0 Å². The molecule has 2 rings (SSSR count). The third kappa shape index (κ3) is 5.87. The number of hydrogen-bond acceptors (Lipinski definition) is 6. The summed E-state index contributed by atoms with van der Waals surface area (Å²) in [5, 5.41) is 15.9. The minimum absolute atomic E-state index is 0.00254. The van der Waals surface area contributed by atoms with E-state index in [9.17, 15) is 18.3 Å². The van der Waals surface area contributed by atoms with Gasteiger partial charge >= 0.3 is 0 Å². The molecule has 1 unspecified atom stereocenters. The van der Waals surface area contributed by atoms with Gasteiger partial charge in [-0.1, -0.05) is 13.8 Å². The van der Waals surface area contributed by atoms with Crippen LogP contribution in [0.25, 0.3) is 0 Å². The van der Waals surface area contributed by atoms with E-state index in [-0.39, 0.29) is 18.6 Å². The van der Waals surface area contributed by atoms with E-state index < -0.39 is 16.1 Å². The number of hydrogen-bond donors (Lipinski definition) is 4. The topological polar surface area (TPSA) is 117 Å². The number of aliphatic hydroxyl groups is 1. The summed E-state index contributed by atoms with van der Waals surface area (Å²) in [7, 11) is -3.49. The monoisotopic (exact) mass is 371 g/mol. The van der Waals surface area contributed by atoms with E-state index in [1.54, 1.807) is 12.1 Å². The van der Waals surface area contributed by atoms with Crippen molar-refractivity contribution in [2.45, 2.75) is 38.8 Å². The fourth-order valence-corrected chi connectivity index (χ4v) is 3.06. The van der Waals surface area contributed by atoms with E-state index in [1.165, 1.54) is 0 Å². The molecule has 0 spiro atoms. The summed E-state index contributed by atoms with van der Waals surface area (Å²) < 4.78 is 31.4. The van der Waals surface area contributed by atoms with Gasteiger partial charge in [0.15, 0.2) is 0 Å². The lowest BCUT2D eigenvalue weighted by Crippen LogP contribution is -2.35. The predicted molar refractivity (Wildman–Crippen MR) is 96.5 cm³/mol. The Morgan fingerprint density at radius 3 is 2.68 bits per heavy atom. The lowest BCUT2D eigenvalue weighted by molar-refractivity contribution is -0.116. The molecular formula is C16H25N3O5S. The van der Waals surface area contributed by atoms with Gasteiger partial charge in [0.25, 0.3) is 0 Å². The Morgan fingerprint density at radius 2 is 2.04 bits per heavy atom. The minimum atomic E-state index is -3.49. The average Bonchev–Trinajstić information content (AvgIpc) is 2.50. The Labute approximate surface area is 148 Å². The molecule has 1 heterocycles. The molecule has 8 nitrogen and oxygen atoms in total. The van der Waals surface area contributed by atoms with Crippen molar-refractivity contribution in [3.63, 3.8) is 0 Å². The molecule has 0 aliphatic carbocycles. The Balaban J connectivity index is 2.22. The van der Waals surface area contributed by atoms with E-state index in [0.29, 0.717) is 36.5 Å². The summed E-state index contributed by atoms with van der Waals surface area (Å²) in [6, 6.07) is 3.42. The number of amides is 1. The summed E-state index contributed by atoms with van der Waals surface area (Å²) in [6.07, 6.45) is 1.04. The van der Waals surface area contributed by atoms with Crippen molar-refractivity contribution >= 4 is 27.3 Å². The Morgan fingerprint density at radius 1 is 1.32 bits per heavy atom. The molecule has 4 N–H and O–H groups in total. The quantitative estimate of drug-likeness (QED) is 0.534. The molecule has 1 atom stereocenters. The van der Waals surface area contributed by atoms with Gasteiger partial charge in [-0.3, -0.25) is 9.52 Å². The average molecular weight is 371 g/mol. The number of ether oxygens (including phenoxy) is 1. The molecule has 1 aromatic carbocycles. The number of aliphatic hydroxyl groups excluding tert-OH is 1. The molecule has 0 radical (unpaired) electrons. The smallest absolute Gasteiger partial charge is 0.229 e. The molecule has 0 saturated heterocycles. The molecular weight excluding hydrogens is 346 g/mol.